The van der Waals surface area contributed by atoms with E-state index in [0.717, 1.165) is 32.5 Å². The molecule has 144 valence electrons. The summed E-state index contributed by atoms with van der Waals surface area (Å²) in [7, 11) is 1.80. The molecule has 0 unspecified atom stereocenters. The van der Waals surface area contributed by atoms with Crippen molar-refractivity contribution in [3.05, 3.63) is 35.4 Å². The molecule has 0 radical (unpaired) electrons. The van der Waals surface area contributed by atoms with Gasteiger partial charge in [-0.3, -0.25) is 4.79 Å². The summed E-state index contributed by atoms with van der Waals surface area (Å²) in [5.41, 5.74) is 2.63. The van der Waals surface area contributed by atoms with E-state index in [-0.39, 0.29) is 29.4 Å². The van der Waals surface area contributed by atoms with Gasteiger partial charge in [-0.15, -0.1) is 0 Å². The molecule has 0 saturated carbocycles. The Morgan fingerprint density at radius 2 is 1.88 bits per heavy atom. The SMILES string of the molecule is CO[C@H]1[C@H](NC(=O)C(C)C)c2ccccc2C12CCN(CC(C)C)CC2. The van der Waals surface area contributed by atoms with Gasteiger partial charge in [-0.25, -0.2) is 0 Å². The van der Waals surface area contributed by atoms with E-state index in [1.807, 2.05) is 13.8 Å². The number of piperidine rings is 1. The van der Waals surface area contributed by atoms with Gasteiger partial charge >= 0.3 is 0 Å². The zero-order valence-corrected chi connectivity index (χ0v) is 16.9. The summed E-state index contributed by atoms with van der Waals surface area (Å²) < 4.78 is 6.06. The van der Waals surface area contributed by atoms with Crippen LogP contribution in [0.15, 0.2) is 24.3 Å². The summed E-state index contributed by atoms with van der Waals surface area (Å²) in [6.07, 6.45) is 2.18. The molecule has 1 aromatic rings. The largest absolute Gasteiger partial charge is 0.378 e. The third-order valence-electron chi connectivity index (χ3n) is 6.13. The van der Waals surface area contributed by atoms with Crippen molar-refractivity contribution in [2.24, 2.45) is 11.8 Å². The van der Waals surface area contributed by atoms with Crippen LogP contribution in [0.3, 0.4) is 0 Å². The number of rotatable bonds is 5. The van der Waals surface area contributed by atoms with Crippen LogP contribution in [0.5, 0.6) is 0 Å². The van der Waals surface area contributed by atoms with Gasteiger partial charge < -0.3 is 15.0 Å². The van der Waals surface area contributed by atoms with Crippen LogP contribution >= 0.6 is 0 Å². The number of methoxy groups -OCH3 is 1. The summed E-state index contributed by atoms with van der Waals surface area (Å²) in [5.74, 6) is 0.765. The smallest absolute Gasteiger partial charge is 0.223 e. The predicted octanol–water partition coefficient (Wildman–Crippen LogP) is 3.52. The Morgan fingerprint density at radius 1 is 1.23 bits per heavy atom. The molecule has 1 spiro atoms. The van der Waals surface area contributed by atoms with Gasteiger partial charge in [0.1, 0.15) is 0 Å². The molecule has 1 aliphatic carbocycles. The number of carbonyl (C=O) groups is 1. The second-order valence-electron chi connectivity index (χ2n) is 8.74. The van der Waals surface area contributed by atoms with E-state index in [2.05, 4.69) is 48.3 Å². The normalized spacial score (nSPS) is 25.0. The number of fused-ring (bicyclic) bond motifs is 2. The monoisotopic (exact) mass is 358 g/mol. The fourth-order valence-electron chi connectivity index (χ4n) is 4.90. The predicted molar refractivity (Wildman–Crippen MR) is 105 cm³/mol. The van der Waals surface area contributed by atoms with Crippen molar-refractivity contribution in [1.29, 1.82) is 0 Å². The minimum Gasteiger partial charge on any atom is -0.378 e. The summed E-state index contributed by atoms with van der Waals surface area (Å²) in [5, 5.41) is 3.27. The molecule has 1 amide bonds. The van der Waals surface area contributed by atoms with Crippen LogP contribution in [0.25, 0.3) is 0 Å². The number of amides is 1. The number of nitrogens with one attached hydrogen (secondary N) is 1. The van der Waals surface area contributed by atoms with Crippen LogP contribution in [0, 0.1) is 11.8 Å². The molecule has 2 atom stereocenters. The Balaban J connectivity index is 1.90. The van der Waals surface area contributed by atoms with Gasteiger partial charge in [-0.1, -0.05) is 52.0 Å². The fourth-order valence-corrected chi connectivity index (χ4v) is 4.90. The lowest BCUT2D eigenvalue weighted by Crippen LogP contribution is -2.51. The molecule has 1 saturated heterocycles. The maximum atomic E-state index is 12.4. The molecule has 1 heterocycles. The first-order valence-electron chi connectivity index (χ1n) is 10.0. The molecule has 4 nitrogen and oxygen atoms in total. The van der Waals surface area contributed by atoms with E-state index in [4.69, 9.17) is 4.74 Å². The van der Waals surface area contributed by atoms with Crippen molar-refractivity contribution in [2.75, 3.05) is 26.7 Å². The fraction of sp³-hybridized carbons (Fsp3) is 0.682. The van der Waals surface area contributed by atoms with Gasteiger partial charge in [0.25, 0.3) is 0 Å². The van der Waals surface area contributed by atoms with E-state index >= 15 is 0 Å². The number of benzene rings is 1. The first kappa shape index (κ1) is 19.4. The minimum absolute atomic E-state index is 0.00352. The van der Waals surface area contributed by atoms with Crippen molar-refractivity contribution in [3.8, 4) is 0 Å². The van der Waals surface area contributed by atoms with Crippen LogP contribution < -0.4 is 5.32 Å². The molecule has 0 bridgehead atoms. The summed E-state index contributed by atoms with van der Waals surface area (Å²) in [6, 6.07) is 8.57. The van der Waals surface area contributed by atoms with Crippen molar-refractivity contribution >= 4 is 5.91 Å². The van der Waals surface area contributed by atoms with Crippen LogP contribution in [0.4, 0.5) is 0 Å². The van der Waals surface area contributed by atoms with Crippen molar-refractivity contribution in [2.45, 2.75) is 58.1 Å². The van der Waals surface area contributed by atoms with Crippen molar-refractivity contribution < 1.29 is 9.53 Å². The molecule has 3 rings (SSSR count). The highest BCUT2D eigenvalue weighted by Crippen LogP contribution is 2.52. The number of ether oxygens (including phenoxy) is 1. The van der Waals surface area contributed by atoms with Crippen LogP contribution in [-0.4, -0.2) is 43.7 Å². The van der Waals surface area contributed by atoms with Crippen LogP contribution in [0.2, 0.25) is 0 Å². The average Bonchev–Trinajstić information content (AvgIpc) is 2.86. The van der Waals surface area contributed by atoms with Gasteiger partial charge in [0.05, 0.1) is 12.1 Å². The second kappa shape index (κ2) is 7.69. The number of hydrogen-bond donors (Lipinski definition) is 1. The van der Waals surface area contributed by atoms with E-state index in [9.17, 15) is 4.79 Å². The van der Waals surface area contributed by atoms with Gasteiger partial charge in [-0.05, 0) is 43.0 Å². The number of likely N-dealkylation sites (tertiary alicyclic amines) is 1. The molecular formula is C22H34N2O2. The Kier molecular flexibility index (Phi) is 5.73. The minimum atomic E-state index is -0.0530. The van der Waals surface area contributed by atoms with Crippen molar-refractivity contribution in [3.63, 3.8) is 0 Å². The maximum Gasteiger partial charge on any atom is 0.223 e. The zero-order chi connectivity index (χ0) is 18.9. The third-order valence-corrected chi connectivity index (χ3v) is 6.13. The molecule has 1 N–H and O–H groups in total. The van der Waals surface area contributed by atoms with Crippen molar-refractivity contribution in [1.82, 2.24) is 10.2 Å². The molecule has 2 aliphatic rings. The number of hydrogen-bond acceptors (Lipinski definition) is 3. The molecule has 26 heavy (non-hydrogen) atoms. The summed E-state index contributed by atoms with van der Waals surface area (Å²) in [4.78, 5) is 15.0. The molecule has 4 heteroatoms. The van der Waals surface area contributed by atoms with Crippen LogP contribution in [0.1, 0.15) is 57.7 Å². The van der Waals surface area contributed by atoms with Gasteiger partial charge in [0, 0.05) is 25.0 Å². The lowest BCUT2D eigenvalue weighted by atomic mass is 9.71. The number of nitrogens with zero attached hydrogens (tertiary/aromatic N) is 1. The standard InChI is InChI=1S/C22H34N2O2/c1-15(2)14-24-12-10-22(11-13-24)18-9-7-6-8-17(18)19(20(22)26-5)23-21(25)16(3)4/h6-9,15-16,19-20H,10-14H2,1-5H3,(H,23,25)/t19-,20+/m1/s1. The molecule has 1 aromatic carbocycles. The second-order valence-corrected chi connectivity index (χ2v) is 8.74. The molecule has 1 aliphatic heterocycles. The highest BCUT2D eigenvalue weighted by atomic mass is 16.5. The highest BCUT2D eigenvalue weighted by molar-refractivity contribution is 5.78. The quantitative estimate of drug-likeness (QED) is 0.876. The molecule has 0 aromatic heterocycles. The molecular weight excluding hydrogens is 324 g/mol. The van der Waals surface area contributed by atoms with E-state index < -0.39 is 0 Å². The lowest BCUT2D eigenvalue weighted by molar-refractivity contribution is -0.126. The van der Waals surface area contributed by atoms with Gasteiger partial charge in [-0.2, -0.15) is 0 Å². The highest BCUT2D eigenvalue weighted by Gasteiger charge is 2.53. The van der Waals surface area contributed by atoms with E-state index in [0.29, 0.717) is 5.92 Å². The first-order chi connectivity index (χ1) is 12.4. The summed E-state index contributed by atoms with van der Waals surface area (Å²) >= 11 is 0. The Morgan fingerprint density at radius 3 is 2.46 bits per heavy atom. The molecule has 1 fully saturated rings. The topological polar surface area (TPSA) is 41.6 Å². The Labute approximate surface area is 158 Å². The van der Waals surface area contributed by atoms with Gasteiger partial charge in [0.15, 0.2) is 0 Å². The van der Waals surface area contributed by atoms with Gasteiger partial charge in [0.2, 0.25) is 5.91 Å². The van der Waals surface area contributed by atoms with E-state index in [1.54, 1.807) is 7.11 Å². The Bertz CT molecular complexity index is 633. The van der Waals surface area contributed by atoms with E-state index in [1.165, 1.54) is 11.1 Å². The van der Waals surface area contributed by atoms with Crippen LogP contribution in [-0.2, 0) is 14.9 Å². The Hall–Kier alpha value is -1.39. The number of carbonyl (C=O) groups excluding carboxylic acids is 1. The lowest BCUT2D eigenvalue weighted by Gasteiger charge is -2.44. The first-order valence-corrected chi connectivity index (χ1v) is 10.0. The zero-order valence-electron chi connectivity index (χ0n) is 16.9. The summed E-state index contributed by atoms with van der Waals surface area (Å²) in [6.45, 7) is 11.8. The average molecular weight is 359 g/mol. The third kappa shape index (κ3) is 3.41. The maximum absolute atomic E-state index is 12.4.